The summed E-state index contributed by atoms with van der Waals surface area (Å²) in [6.45, 7) is 0.622. The highest BCUT2D eigenvalue weighted by atomic mass is 127. The Kier molecular flexibility index (Phi) is 6.90. The van der Waals surface area contributed by atoms with Gasteiger partial charge in [0.1, 0.15) is 0 Å². The summed E-state index contributed by atoms with van der Waals surface area (Å²) in [5.74, 6) is 0.717. The molecule has 0 radical (unpaired) electrons. The number of halogens is 1. The number of amides is 1. The number of likely N-dealkylation sites (N-methyl/N-ethyl adjacent to an activating group) is 1. The van der Waals surface area contributed by atoms with Crippen molar-refractivity contribution in [2.24, 2.45) is 0 Å². The molecule has 0 bridgehead atoms. The number of aryl methyl sites for hydroxylation is 1. The van der Waals surface area contributed by atoms with Crippen molar-refractivity contribution in [2.75, 3.05) is 20.7 Å². The largest absolute Gasteiger partial charge is 0.504 e. The van der Waals surface area contributed by atoms with Crippen molar-refractivity contribution in [3.8, 4) is 11.5 Å². The Morgan fingerprint density at radius 1 is 1.12 bits per heavy atom. The highest BCUT2D eigenvalue weighted by molar-refractivity contribution is 14.1. The number of hydrogen-bond acceptors (Lipinski definition) is 3. The van der Waals surface area contributed by atoms with Crippen LogP contribution in [0.4, 0.5) is 0 Å². The van der Waals surface area contributed by atoms with Gasteiger partial charge in [-0.3, -0.25) is 4.79 Å². The molecule has 0 aromatic heterocycles. The molecule has 0 heterocycles. The van der Waals surface area contributed by atoms with Crippen LogP contribution in [0, 0.1) is 3.57 Å². The van der Waals surface area contributed by atoms with E-state index >= 15 is 0 Å². The summed E-state index contributed by atoms with van der Waals surface area (Å²) >= 11 is 2.27. The second kappa shape index (κ2) is 8.92. The van der Waals surface area contributed by atoms with Gasteiger partial charge in [0.25, 0.3) is 0 Å². The van der Waals surface area contributed by atoms with E-state index in [-0.39, 0.29) is 11.7 Å². The van der Waals surface area contributed by atoms with Crippen LogP contribution in [0.2, 0.25) is 0 Å². The van der Waals surface area contributed by atoms with Crippen molar-refractivity contribution in [3.63, 3.8) is 0 Å². The van der Waals surface area contributed by atoms with Crippen molar-refractivity contribution in [1.82, 2.24) is 4.90 Å². The molecule has 2 rings (SSSR count). The van der Waals surface area contributed by atoms with Crippen LogP contribution in [-0.4, -0.2) is 36.6 Å². The first-order valence-electron chi connectivity index (χ1n) is 7.84. The second-order valence-electron chi connectivity index (χ2n) is 5.70. The first kappa shape index (κ1) is 18.6. The van der Waals surface area contributed by atoms with Crippen LogP contribution < -0.4 is 4.74 Å². The summed E-state index contributed by atoms with van der Waals surface area (Å²) in [5, 5.41) is 9.79. The van der Waals surface area contributed by atoms with Crippen LogP contribution in [0.25, 0.3) is 0 Å². The van der Waals surface area contributed by atoms with Gasteiger partial charge in [-0.15, -0.1) is 0 Å². The third-order valence-corrected chi connectivity index (χ3v) is 4.66. The summed E-state index contributed by atoms with van der Waals surface area (Å²) in [5.41, 5.74) is 2.16. The summed E-state index contributed by atoms with van der Waals surface area (Å²) in [6.07, 6.45) is 1.96. The zero-order chi connectivity index (χ0) is 17.5. The molecule has 0 spiro atoms. The maximum atomic E-state index is 12.2. The van der Waals surface area contributed by atoms with Crippen LogP contribution in [0.3, 0.4) is 0 Å². The number of nitrogens with zero attached hydrogens (tertiary/aromatic N) is 1. The monoisotopic (exact) mass is 439 g/mol. The molecular formula is C19H22INO3. The lowest BCUT2D eigenvalue weighted by molar-refractivity contribution is -0.129. The maximum Gasteiger partial charge on any atom is 0.222 e. The molecule has 5 heteroatoms. The summed E-state index contributed by atoms with van der Waals surface area (Å²) in [6, 6.07) is 13.6. The van der Waals surface area contributed by atoms with E-state index in [9.17, 15) is 9.90 Å². The Morgan fingerprint density at radius 2 is 1.79 bits per heavy atom. The van der Waals surface area contributed by atoms with E-state index in [0.717, 1.165) is 12.0 Å². The molecular weight excluding hydrogens is 417 g/mol. The molecule has 4 nitrogen and oxygen atoms in total. The summed E-state index contributed by atoms with van der Waals surface area (Å²) in [4.78, 5) is 14.0. The molecule has 0 saturated carbocycles. The van der Waals surface area contributed by atoms with Gasteiger partial charge in [-0.05, 0) is 70.8 Å². The quantitative estimate of drug-likeness (QED) is 0.671. The first-order chi connectivity index (χ1) is 11.5. The van der Waals surface area contributed by atoms with E-state index in [0.29, 0.717) is 25.1 Å². The highest BCUT2D eigenvalue weighted by Gasteiger charge is 2.10. The van der Waals surface area contributed by atoms with E-state index in [2.05, 4.69) is 46.9 Å². The van der Waals surface area contributed by atoms with Crippen molar-refractivity contribution in [1.29, 1.82) is 0 Å². The minimum absolute atomic E-state index is 0.127. The van der Waals surface area contributed by atoms with Crippen LogP contribution in [0.15, 0.2) is 42.5 Å². The van der Waals surface area contributed by atoms with Crippen LogP contribution in [0.1, 0.15) is 17.5 Å². The molecule has 0 aliphatic rings. The number of carbonyl (C=O) groups excluding carboxylic acids is 1. The predicted octanol–water partition coefficient (Wildman–Crippen LogP) is 3.64. The minimum atomic E-state index is 0.127. The third kappa shape index (κ3) is 5.40. The number of carbonyl (C=O) groups is 1. The van der Waals surface area contributed by atoms with Gasteiger partial charge in [0.2, 0.25) is 5.91 Å². The lowest BCUT2D eigenvalue weighted by atomic mass is 10.1. The second-order valence-corrected chi connectivity index (χ2v) is 6.94. The standard InChI is InChI=1S/C19H22INO3/c1-21(12-11-15-5-9-18(24-2)17(22)13-15)19(23)10-6-14-3-7-16(20)8-4-14/h3-5,7-9,13,22H,6,10-12H2,1-2H3. The van der Waals surface area contributed by atoms with Crippen molar-refractivity contribution in [2.45, 2.75) is 19.3 Å². The van der Waals surface area contributed by atoms with E-state index < -0.39 is 0 Å². The Balaban J connectivity index is 1.81. The number of aromatic hydroxyl groups is 1. The van der Waals surface area contributed by atoms with Crippen LogP contribution in [-0.2, 0) is 17.6 Å². The summed E-state index contributed by atoms with van der Waals surface area (Å²) in [7, 11) is 3.34. The molecule has 0 unspecified atom stereocenters. The molecule has 0 aliphatic heterocycles. The van der Waals surface area contributed by atoms with Gasteiger partial charge in [-0.25, -0.2) is 0 Å². The smallest absolute Gasteiger partial charge is 0.222 e. The van der Waals surface area contributed by atoms with Gasteiger partial charge in [-0.2, -0.15) is 0 Å². The molecule has 1 N–H and O–H groups in total. The molecule has 0 atom stereocenters. The lowest BCUT2D eigenvalue weighted by Gasteiger charge is -2.17. The lowest BCUT2D eigenvalue weighted by Crippen LogP contribution is -2.29. The van der Waals surface area contributed by atoms with Gasteiger partial charge >= 0.3 is 0 Å². The van der Waals surface area contributed by atoms with Gasteiger partial charge in [0.05, 0.1) is 7.11 Å². The SMILES string of the molecule is COc1ccc(CCN(C)C(=O)CCc2ccc(I)cc2)cc1O. The van der Waals surface area contributed by atoms with Gasteiger partial charge < -0.3 is 14.7 Å². The van der Waals surface area contributed by atoms with Crippen molar-refractivity contribution < 1.29 is 14.6 Å². The van der Waals surface area contributed by atoms with Crippen molar-refractivity contribution in [3.05, 3.63) is 57.2 Å². The average Bonchev–Trinajstić information content (AvgIpc) is 2.59. The fraction of sp³-hybridized carbons (Fsp3) is 0.316. The Labute approximate surface area is 156 Å². The van der Waals surface area contributed by atoms with Gasteiger partial charge in [-0.1, -0.05) is 18.2 Å². The molecule has 0 saturated heterocycles. The molecule has 24 heavy (non-hydrogen) atoms. The number of phenols is 1. The van der Waals surface area contributed by atoms with Gasteiger partial charge in [0.15, 0.2) is 11.5 Å². The zero-order valence-electron chi connectivity index (χ0n) is 14.0. The zero-order valence-corrected chi connectivity index (χ0v) is 16.1. The van der Waals surface area contributed by atoms with Gasteiger partial charge in [0, 0.05) is 23.6 Å². The molecule has 2 aromatic rings. The average molecular weight is 439 g/mol. The molecule has 1 amide bonds. The number of ether oxygens (including phenoxy) is 1. The predicted molar refractivity (Wildman–Crippen MR) is 103 cm³/mol. The Bertz CT molecular complexity index is 686. The number of hydrogen-bond donors (Lipinski definition) is 1. The van der Waals surface area contributed by atoms with Crippen molar-refractivity contribution >= 4 is 28.5 Å². The molecule has 2 aromatic carbocycles. The molecule has 128 valence electrons. The minimum Gasteiger partial charge on any atom is -0.504 e. The van der Waals surface area contributed by atoms with Crippen LogP contribution >= 0.6 is 22.6 Å². The summed E-state index contributed by atoms with van der Waals surface area (Å²) < 4.78 is 6.23. The normalized spacial score (nSPS) is 10.5. The van der Waals surface area contributed by atoms with E-state index in [4.69, 9.17) is 4.74 Å². The number of rotatable bonds is 7. The topological polar surface area (TPSA) is 49.8 Å². The van der Waals surface area contributed by atoms with E-state index in [1.54, 1.807) is 17.0 Å². The van der Waals surface area contributed by atoms with E-state index in [1.165, 1.54) is 16.2 Å². The maximum absolute atomic E-state index is 12.2. The third-order valence-electron chi connectivity index (χ3n) is 3.95. The Morgan fingerprint density at radius 3 is 2.42 bits per heavy atom. The fourth-order valence-corrected chi connectivity index (χ4v) is 2.77. The Hall–Kier alpha value is -1.76. The van der Waals surface area contributed by atoms with E-state index in [1.807, 2.05) is 13.1 Å². The number of benzene rings is 2. The van der Waals surface area contributed by atoms with Crippen LogP contribution in [0.5, 0.6) is 11.5 Å². The number of methoxy groups -OCH3 is 1. The molecule has 0 aliphatic carbocycles. The number of phenolic OH excluding ortho intramolecular Hbond substituents is 1. The molecule has 0 fully saturated rings. The highest BCUT2D eigenvalue weighted by Crippen LogP contribution is 2.26. The fourth-order valence-electron chi connectivity index (χ4n) is 2.41. The first-order valence-corrected chi connectivity index (χ1v) is 8.91.